The maximum Gasteiger partial charge on any atom is 0.339 e. The minimum Gasteiger partial charge on any atom is -0.404 e. The zero-order valence-electron chi connectivity index (χ0n) is 7.41. The molecule has 2 aromatic rings. The highest BCUT2D eigenvalue weighted by atomic mass is 35.5. The smallest absolute Gasteiger partial charge is 0.339 e. The van der Waals surface area contributed by atoms with Gasteiger partial charge in [0.05, 0.1) is 10.0 Å². The van der Waals surface area contributed by atoms with E-state index >= 15 is 0 Å². The van der Waals surface area contributed by atoms with Gasteiger partial charge in [-0.25, -0.2) is 9.78 Å². The first-order chi connectivity index (χ1) is 7.16. The molecule has 76 valence electrons. The van der Waals surface area contributed by atoms with Gasteiger partial charge in [-0.2, -0.15) is 0 Å². The van der Waals surface area contributed by atoms with Crippen LogP contribution in [0.1, 0.15) is 0 Å². The lowest BCUT2D eigenvalue weighted by molar-refractivity contribution is 0.507. The van der Waals surface area contributed by atoms with E-state index in [2.05, 4.69) is 4.98 Å². The quantitative estimate of drug-likeness (QED) is 0.771. The summed E-state index contributed by atoms with van der Waals surface area (Å²) in [6.07, 6.45) is 1.38. The van der Waals surface area contributed by atoms with Gasteiger partial charge in [-0.3, -0.25) is 0 Å². The van der Waals surface area contributed by atoms with Crippen molar-refractivity contribution in [3.63, 3.8) is 0 Å². The topological polar surface area (TPSA) is 43.1 Å². The van der Waals surface area contributed by atoms with Crippen molar-refractivity contribution in [2.45, 2.75) is 0 Å². The van der Waals surface area contributed by atoms with Gasteiger partial charge in [0.15, 0.2) is 0 Å². The van der Waals surface area contributed by atoms with Crippen LogP contribution in [0.15, 0.2) is 39.7 Å². The van der Waals surface area contributed by atoms with Crippen LogP contribution in [0, 0.1) is 0 Å². The molecule has 0 atom stereocenters. The van der Waals surface area contributed by atoms with E-state index in [4.69, 9.17) is 27.6 Å². The predicted molar refractivity (Wildman–Crippen MR) is 58.2 cm³/mol. The van der Waals surface area contributed by atoms with Crippen LogP contribution in [0.25, 0.3) is 11.5 Å². The van der Waals surface area contributed by atoms with E-state index in [1.807, 2.05) is 0 Å². The molecule has 0 aliphatic carbocycles. The van der Waals surface area contributed by atoms with Gasteiger partial charge in [0.1, 0.15) is 0 Å². The van der Waals surface area contributed by atoms with Crippen molar-refractivity contribution in [3.8, 4) is 11.5 Å². The van der Waals surface area contributed by atoms with Crippen molar-refractivity contribution in [1.82, 2.24) is 4.98 Å². The molecule has 5 heteroatoms. The highest BCUT2D eigenvalue weighted by Crippen LogP contribution is 2.26. The molecule has 0 saturated heterocycles. The Balaban J connectivity index is 2.55. The molecule has 0 radical (unpaired) electrons. The summed E-state index contributed by atoms with van der Waals surface area (Å²) in [5.41, 5.74) is 0.160. The van der Waals surface area contributed by atoms with Gasteiger partial charge in [-0.05, 0) is 18.2 Å². The lowest BCUT2D eigenvalue weighted by Gasteiger charge is -2.00. The van der Waals surface area contributed by atoms with Crippen molar-refractivity contribution < 1.29 is 4.42 Å². The second kappa shape index (κ2) is 4.04. The third-order valence-electron chi connectivity index (χ3n) is 1.77. The minimum atomic E-state index is -0.453. The number of halogens is 2. The average molecular weight is 242 g/mol. The van der Waals surface area contributed by atoms with E-state index in [0.717, 1.165) is 0 Å². The molecule has 0 spiro atoms. The van der Waals surface area contributed by atoms with E-state index in [1.54, 1.807) is 18.2 Å². The number of rotatable bonds is 1. The van der Waals surface area contributed by atoms with Crippen LogP contribution < -0.4 is 5.63 Å². The first kappa shape index (κ1) is 10.2. The Hall–Kier alpha value is -1.32. The Morgan fingerprint density at radius 3 is 2.60 bits per heavy atom. The van der Waals surface area contributed by atoms with Crippen molar-refractivity contribution in [1.29, 1.82) is 0 Å². The lowest BCUT2D eigenvalue weighted by Crippen LogP contribution is -1.97. The van der Waals surface area contributed by atoms with Gasteiger partial charge < -0.3 is 4.42 Å². The van der Waals surface area contributed by atoms with Crippen LogP contribution >= 0.6 is 23.2 Å². The van der Waals surface area contributed by atoms with Crippen LogP contribution in [-0.2, 0) is 0 Å². The van der Waals surface area contributed by atoms with Gasteiger partial charge in [0.25, 0.3) is 0 Å². The van der Waals surface area contributed by atoms with Gasteiger partial charge in [0.2, 0.25) is 5.89 Å². The van der Waals surface area contributed by atoms with Crippen LogP contribution in [0.5, 0.6) is 0 Å². The molecule has 1 aromatic carbocycles. The Morgan fingerprint density at radius 2 is 1.93 bits per heavy atom. The largest absolute Gasteiger partial charge is 0.404 e. The number of hydrogen-bond donors (Lipinski definition) is 0. The summed E-state index contributed by atoms with van der Waals surface area (Å²) in [6.45, 7) is 0. The maximum atomic E-state index is 10.9. The van der Waals surface area contributed by atoms with Gasteiger partial charge in [0, 0.05) is 17.8 Å². The molecule has 0 bridgehead atoms. The summed E-state index contributed by atoms with van der Waals surface area (Å²) in [5.74, 6) is 0.223. The molecule has 1 heterocycles. The molecule has 0 unspecified atom stereocenters. The highest BCUT2D eigenvalue weighted by Gasteiger charge is 2.05. The van der Waals surface area contributed by atoms with Crippen LogP contribution in [0.2, 0.25) is 10.0 Å². The first-order valence-electron chi connectivity index (χ1n) is 4.08. The van der Waals surface area contributed by atoms with Crippen LogP contribution in [-0.4, -0.2) is 4.98 Å². The average Bonchev–Trinajstić information content (AvgIpc) is 2.22. The lowest BCUT2D eigenvalue weighted by atomic mass is 10.2. The summed E-state index contributed by atoms with van der Waals surface area (Å²) >= 11 is 11.6. The number of nitrogens with zero attached hydrogens (tertiary/aromatic N) is 1. The maximum absolute atomic E-state index is 10.9. The molecule has 1 aromatic heterocycles. The van der Waals surface area contributed by atoms with Gasteiger partial charge in [-0.1, -0.05) is 23.2 Å². The van der Waals surface area contributed by atoms with Crippen LogP contribution in [0.4, 0.5) is 0 Å². The molecule has 0 amide bonds. The standard InChI is InChI=1S/C10H5Cl2NO2/c11-7-2-1-6(5-8(7)12)10-13-4-3-9(14)15-10/h1-5H. The SMILES string of the molecule is O=c1ccnc(-c2ccc(Cl)c(Cl)c2)o1. The van der Waals surface area contributed by atoms with E-state index in [1.165, 1.54) is 12.3 Å². The van der Waals surface area contributed by atoms with E-state index in [-0.39, 0.29) is 5.89 Å². The van der Waals surface area contributed by atoms with Crippen molar-refractivity contribution in [2.75, 3.05) is 0 Å². The van der Waals surface area contributed by atoms with Crippen molar-refractivity contribution in [3.05, 3.63) is 50.9 Å². The molecule has 3 nitrogen and oxygen atoms in total. The van der Waals surface area contributed by atoms with Crippen molar-refractivity contribution >= 4 is 23.2 Å². The van der Waals surface area contributed by atoms with Crippen LogP contribution in [0.3, 0.4) is 0 Å². The second-order valence-corrected chi connectivity index (χ2v) is 3.61. The van der Waals surface area contributed by atoms with E-state index in [9.17, 15) is 4.79 Å². The Bertz CT molecular complexity index is 551. The minimum absolute atomic E-state index is 0.223. The Labute approximate surface area is 95.3 Å². The second-order valence-electron chi connectivity index (χ2n) is 2.80. The summed E-state index contributed by atoms with van der Waals surface area (Å²) < 4.78 is 4.89. The van der Waals surface area contributed by atoms with Gasteiger partial charge in [-0.15, -0.1) is 0 Å². The van der Waals surface area contributed by atoms with Crippen molar-refractivity contribution in [2.24, 2.45) is 0 Å². The molecule has 0 aliphatic rings. The zero-order chi connectivity index (χ0) is 10.8. The fraction of sp³-hybridized carbons (Fsp3) is 0. The molecule has 0 N–H and O–H groups in total. The Morgan fingerprint density at radius 1 is 1.13 bits per heavy atom. The fourth-order valence-corrected chi connectivity index (χ4v) is 1.38. The molecular weight excluding hydrogens is 237 g/mol. The third-order valence-corrected chi connectivity index (χ3v) is 2.51. The normalized spacial score (nSPS) is 10.3. The number of aromatic nitrogens is 1. The first-order valence-corrected chi connectivity index (χ1v) is 4.84. The van der Waals surface area contributed by atoms with Gasteiger partial charge >= 0.3 is 5.63 Å². The number of hydrogen-bond acceptors (Lipinski definition) is 3. The molecule has 0 saturated carbocycles. The number of benzene rings is 1. The fourth-order valence-electron chi connectivity index (χ4n) is 1.08. The van der Waals surface area contributed by atoms with E-state index in [0.29, 0.717) is 15.6 Å². The van der Waals surface area contributed by atoms with E-state index < -0.39 is 5.63 Å². The predicted octanol–water partition coefficient (Wildman–Crippen LogP) is 3.01. The highest BCUT2D eigenvalue weighted by molar-refractivity contribution is 6.42. The molecule has 0 aliphatic heterocycles. The summed E-state index contributed by atoms with van der Waals surface area (Å²) in [6, 6.07) is 6.13. The molecule has 2 rings (SSSR count). The molecule has 0 fully saturated rings. The molecule has 15 heavy (non-hydrogen) atoms. The zero-order valence-corrected chi connectivity index (χ0v) is 8.92. The summed E-state index contributed by atoms with van der Waals surface area (Å²) in [5, 5.41) is 0.834. The third kappa shape index (κ3) is 2.19. The monoisotopic (exact) mass is 241 g/mol. The summed E-state index contributed by atoms with van der Waals surface area (Å²) in [4.78, 5) is 14.9. The Kier molecular flexibility index (Phi) is 2.75. The molecular formula is C10H5Cl2NO2. The summed E-state index contributed by atoms with van der Waals surface area (Å²) in [7, 11) is 0.